The largest absolute Gasteiger partial charge is 0.493 e. The van der Waals surface area contributed by atoms with E-state index in [-0.39, 0.29) is 23.9 Å². The van der Waals surface area contributed by atoms with Gasteiger partial charge in [-0.1, -0.05) is 12.2 Å². The number of methoxy groups -OCH3 is 2. The highest BCUT2D eigenvalue weighted by molar-refractivity contribution is 5.62. The van der Waals surface area contributed by atoms with Gasteiger partial charge in [0.15, 0.2) is 11.5 Å². The molecule has 0 aliphatic carbocycles. The molecule has 5 atom stereocenters. The molecular weight excluding hydrogens is 348 g/mol. The first-order chi connectivity index (χ1) is 12.5. The van der Waals surface area contributed by atoms with Crippen molar-refractivity contribution in [1.29, 1.82) is 0 Å². The summed E-state index contributed by atoms with van der Waals surface area (Å²) in [5, 5.41) is 48.0. The molecule has 1 fully saturated rings. The second kappa shape index (κ2) is 9.17. The minimum absolute atomic E-state index is 0.112. The molecule has 0 unspecified atom stereocenters. The van der Waals surface area contributed by atoms with Gasteiger partial charge in [-0.25, -0.2) is 0 Å². The third kappa shape index (κ3) is 4.26. The number of aliphatic hydroxyl groups excluding tert-OH is 5. The van der Waals surface area contributed by atoms with Gasteiger partial charge in [-0.05, 0) is 17.7 Å². The topological polar surface area (TPSA) is 138 Å². The third-order valence-corrected chi connectivity index (χ3v) is 3.98. The highest BCUT2D eigenvalue weighted by atomic mass is 16.7. The molecule has 1 aliphatic heterocycles. The highest BCUT2D eigenvalue weighted by Gasteiger charge is 2.45. The van der Waals surface area contributed by atoms with Crippen molar-refractivity contribution < 1.29 is 44.5 Å². The molecule has 0 spiro atoms. The number of rotatable bonds is 7. The first-order valence-corrected chi connectivity index (χ1v) is 7.97. The SMILES string of the molecule is COc1cc(/C=C/CO)cc(OC)c1O[C@H]1O[C@@H](CO)[C@H](O)[C@H](O)[C@H]1O. The van der Waals surface area contributed by atoms with E-state index < -0.39 is 37.3 Å². The Hall–Kier alpha value is -1.88. The van der Waals surface area contributed by atoms with Gasteiger partial charge in [0, 0.05) is 0 Å². The molecule has 5 N–H and O–H groups in total. The van der Waals surface area contributed by atoms with Crippen LogP contribution in [0.25, 0.3) is 6.08 Å². The normalized spacial score (nSPS) is 29.0. The first-order valence-electron chi connectivity index (χ1n) is 7.97. The van der Waals surface area contributed by atoms with Crippen molar-refractivity contribution in [2.75, 3.05) is 27.4 Å². The van der Waals surface area contributed by atoms with Gasteiger partial charge in [0.2, 0.25) is 12.0 Å². The fourth-order valence-corrected chi connectivity index (χ4v) is 2.58. The van der Waals surface area contributed by atoms with E-state index in [1.54, 1.807) is 18.2 Å². The molecule has 26 heavy (non-hydrogen) atoms. The quantitative estimate of drug-likeness (QED) is 0.403. The van der Waals surface area contributed by atoms with Gasteiger partial charge >= 0.3 is 0 Å². The number of ether oxygens (including phenoxy) is 4. The van der Waals surface area contributed by atoms with E-state index in [4.69, 9.17) is 24.1 Å². The minimum Gasteiger partial charge on any atom is -0.493 e. The van der Waals surface area contributed by atoms with Crippen LogP contribution < -0.4 is 14.2 Å². The van der Waals surface area contributed by atoms with Crippen molar-refractivity contribution in [3.63, 3.8) is 0 Å². The summed E-state index contributed by atoms with van der Waals surface area (Å²) >= 11 is 0. The zero-order valence-electron chi connectivity index (χ0n) is 14.5. The summed E-state index contributed by atoms with van der Waals surface area (Å²) in [5.41, 5.74) is 0.675. The summed E-state index contributed by atoms with van der Waals surface area (Å²) < 4.78 is 21.6. The maximum absolute atomic E-state index is 10.1. The Balaban J connectivity index is 2.33. The second-order valence-electron chi connectivity index (χ2n) is 5.65. The van der Waals surface area contributed by atoms with E-state index in [2.05, 4.69) is 0 Å². The molecule has 146 valence electrons. The van der Waals surface area contributed by atoms with Crippen LogP contribution in [0.1, 0.15) is 5.56 Å². The van der Waals surface area contributed by atoms with Crippen molar-refractivity contribution in [3.8, 4) is 17.2 Å². The van der Waals surface area contributed by atoms with Gasteiger partial charge in [0.25, 0.3) is 0 Å². The van der Waals surface area contributed by atoms with Crippen molar-refractivity contribution in [1.82, 2.24) is 0 Å². The van der Waals surface area contributed by atoms with Crippen molar-refractivity contribution in [3.05, 3.63) is 23.8 Å². The Morgan fingerprint density at radius 3 is 2.12 bits per heavy atom. The molecule has 0 radical (unpaired) electrons. The maximum atomic E-state index is 10.1. The lowest BCUT2D eigenvalue weighted by Gasteiger charge is -2.39. The van der Waals surface area contributed by atoms with Gasteiger partial charge in [0.05, 0.1) is 27.4 Å². The van der Waals surface area contributed by atoms with E-state index >= 15 is 0 Å². The molecule has 1 saturated heterocycles. The fourth-order valence-electron chi connectivity index (χ4n) is 2.58. The van der Waals surface area contributed by atoms with Gasteiger partial charge in [-0.2, -0.15) is 0 Å². The monoisotopic (exact) mass is 372 g/mol. The Morgan fingerprint density at radius 2 is 1.62 bits per heavy atom. The summed E-state index contributed by atoms with van der Waals surface area (Å²) in [5.74, 6) is 0.637. The molecule has 1 heterocycles. The van der Waals surface area contributed by atoms with Crippen LogP contribution in [-0.2, 0) is 4.74 Å². The van der Waals surface area contributed by atoms with E-state index in [0.29, 0.717) is 5.56 Å². The zero-order valence-corrected chi connectivity index (χ0v) is 14.5. The summed E-state index contributed by atoms with van der Waals surface area (Å²) in [7, 11) is 2.82. The predicted octanol–water partition coefficient (Wildman–Crippen LogP) is -1.11. The van der Waals surface area contributed by atoms with Crippen molar-refractivity contribution >= 4 is 6.08 Å². The Labute approximate surface area is 150 Å². The Morgan fingerprint density at radius 1 is 1.00 bits per heavy atom. The Bertz CT molecular complexity index is 591. The lowest BCUT2D eigenvalue weighted by atomic mass is 9.99. The molecule has 1 aromatic rings. The molecule has 0 aromatic heterocycles. The molecule has 1 aliphatic rings. The standard InChI is InChI=1S/C17H24O9/c1-23-10-6-9(4-3-5-18)7-11(24-2)16(10)26-17-15(22)14(21)13(20)12(8-19)25-17/h3-4,6-7,12-15,17-22H,5,8H2,1-2H3/b4-3+/t12-,13-,14-,15+,17+/m0/s1. The maximum Gasteiger partial charge on any atom is 0.229 e. The summed E-state index contributed by atoms with van der Waals surface area (Å²) in [6, 6.07) is 3.24. The number of aliphatic hydroxyl groups is 5. The molecule has 0 amide bonds. The lowest BCUT2D eigenvalue weighted by molar-refractivity contribution is -0.277. The molecule has 0 bridgehead atoms. The van der Waals surface area contributed by atoms with Gasteiger partial charge in [0.1, 0.15) is 24.4 Å². The highest BCUT2D eigenvalue weighted by Crippen LogP contribution is 2.40. The van der Waals surface area contributed by atoms with Crippen molar-refractivity contribution in [2.45, 2.75) is 30.7 Å². The molecule has 2 rings (SSSR count). The van der Waals surface area contributed by atoms with Crippen LogP contribution in [0.15, 0.2) is 18.2 Å². The smallest absolute Gasteiger partial charge is 0.229 e. The van der Waals surface area contributed by atoms with Gasteiger partial charge in [-0.15, -0.1) is 0 Å². The number of hydrogen-bond donors (Lipinski definition) is 5. The van der Waals surface area contributed by atoms with E-state index in [1.807, 2.05) is 0 Å². The van der Waals surface area contributed by atoms with E-state index in [9.17, 15) is 20.4 Å². The summed E-state index contributed by atoms with van der Waals surface area (Å²) in [6.07, 6.45) is -3.88. The number of benzene rings is 1. The van der Waals surface area contributed by atoms with Crippen LogP contribution in [0.2, 0.25) is 0 Å². The molecule has 0 saturated carbocycles. The predicted molar refractivity (Wildman–Crippen MR) is 90.1 cm³/mol. The first kappa shape index (κ1) is 20.4. The lowest BCUT2D eigenvalue weighted by Crippen LogP contribution is -2.60. The van der Waals surface area contributed by atoms with Crippen molar-refractivity contribution in [2.24, 2.45) is 0 Å². The van der Waals surface area contributed by atoms with Crippen LogP contribution in [0, 0.1) is 0 Å². The molecule has 9 heteroatoms. The minimum atomic E-state index is -1.56. The van der Waals surface area contributed by atoms with E-state index in [0.717, 1.165) is 0 Å². The summed E-state index contributed by atoms with van der Waals surface area (Å²) in [6.45, 7) is -0.697. The zero-order chi connectivity index (χ0) is 19.3. The van der Waals surface area contributed by atoms with Crippen LogP contribution in [0.4, 0.5) is 0 Å². The van der Waals surface area contributed by atoms with Crippen LogP contribution >= 0.6 is 0 Å². The molecular formula is C17H24O9. The van der Waals surface area contributed by atoms with E-state index in [1.165, 1.54) is 20.3 Å². The average molecular weight is 372 g/mol. The third-order valence-electron chi connectivity index (χ3n) is 3.98. The van der Waals surface area contributed by atoms with Crippen LogP contribution in [0.3, 0.4) is 0 Å². The second-order valence-corrected chi connectivity index (χ2v) is 5.65. The van der Waals surface area contributed by atoms with Gasteiger partial charge in [-0.3, -0.25) is 0 Å². The van der Waals surface area contributed by atoms with Crippen LogP contribution in [-0.4, -0.2) is 83.7 Å². The fraction of sp³-hybridized carbons (Fsp3) is 0.529. The molecule has 1 aromatic carbocycles. The average Bonchev–Trinajstić information content (AvgIpc) is 2.66. The van der Waals surface area contributed by atoms with Gasteiger partial charge < -0.3 is 44.5 Å². The van der Waals surface area contributed by atoms with Crippen LogP contribution in [0.5, 0.6) is 17.2 Å². The summed E-state index contributed by atoms with van der Waals surface area (Å²) in [4.78, 5) is 0. The molecule has 9 nitrogen and oxygen atoms in total. The number of hydrogen-bond acceptors (Lipinski definition) is 9. The Kier molecular flexibility index (Phi) is 7.21.